The normalized spacial score (nSPS) is 11.3. The molecule has 0 N–H and O–H groups in total. The molecular formula is C28H18N2. The lowest BCUT2D eigenvalue weighted by molar-refractivity contribution is 1.18. The molecule has 5 aromatic carbocycles. The standard InChI is InChI=1S/C28H18N2/c1-2-8-19(9-3-1)27-17-28(30-18-29-27)20-14-15-25-23-12-5-4-10-21(23)22-11-6-7-13-24(22)26(25)16-20/h1-18H. The van der Waals surface area contributed by atoms with Crippen LogP contribution in [0.2, 0.25) is 0 Å². The summed E-state index contributed by atoms with van der Waals surface area (Å²) in [5, 5.41) is 7.65. The lowest BCUT2D eigenvalue weighted by atomic mass is 9.93. The van der Waals surface area contributed by atoms with E-state index in [9.17, 15) is 0 Å². The van der Waals surface area contributed by atoms with Gasteiger partial charge in [-0.1, -0.05) is 91.0 Å². The fourth-order valence-corrected chi connectivity index (χ4v) is 4.35. The summed E-state index contributed by atoms with van der Waals surface area (Å²) in [7, 11) is 0. The number of hydrogen-bond donors (Lipinski definition) is 0. The average molecular weight is 382 g/mol. The molecule has 0 aliphatic heterocycles. The van der Waals surface area contributed by atoms with Crippen LogP contribution in [-0.4, -0.2) is 9.97 Å². The molecule has 0 spiro atoms. The number of fused-ring (bicyclic) bond motifs is 6. The van der Waals surface area contributed by atoms with E-state index in [0.717, 1.165) is 22.5 Å². The number of nitrogens with zero attached hydrogens (tertiary/aromatic N) is 2. The van der Waals surface area contributed by atoms with E-state index in [2.05, 4.69) is 94.9 Å². The van der Waals surface area contributed by atoms with Gasteiger partial charge in [-0.05, 0) is 44.5 Å². The first-order chi connectivity index (χ1) is 14.9. The number of benzene rings is 5. The topological polar surface area (TPSA) is 25.8 Å². The minimum atomic E-state index is 0.933. The number of aromatic nitrogens is 2. The minimum absolute atomic E-state index is 0.933. The maximum Gasteiger partial charge on any atom is 0.116 e. The van der Waals surface area contributed by atoms with Gasteiger partial charge in [-0.15, -0.1) is 0 Å². The van der Waals surface area contributed by atoms with Gasteiger partial charge < -0.3 is 0 Å². The van der Waals surface area contributed by atoms with Gasteiger partial charge in [0.1, 0.15) is 6.33 Å². The predicted molar refractivity (Wildman–Crippen MR) is 125 cm³/mol. The van der Waals surface area contributed by atoms with Gasteiger partial charge in [0.15, 0.2) is 0 Å². The van der Waals surface area contributed by atoms with Gasteiger partial charge in [0.2, 0.25) is 0 Å². The first kappa shape index (κ1) is 16.9. The van der Waals surface area contributed by atoms with Crippen molar-refractivity contribution in [1.82, 2.24) is 9.97 Å². The van der Waals surface area contributed by atoms with E-state index in [-0.39, 0.29) is 0 Å². The van der Waals surface area contributed by atoms with E-state index in [1.165, 1.54) is 32.3 Å². The minimum Gasteiger partial charge on any atom is -0.236 e. The Labute approximate surface area is 174 Å². The van der Waals surface area contributed by atoms with Crippen LogP contribution in [0.1, 0.15) is 0 Å². The summed E-state index contributed by atoms with van der Waals surface area (Å²) in [6.07, 6.45) is 1.65. The van der Waals surface area contributed by atoms with Gasteiger partial charge in [-0.3, -0.25) is 0 Å². The summed E-state index contributed by atoms with van der Waals surface area (Å²) in [6.45, 7) is 0. The molecule has 0 saturated carbocycles. The quantitative estimate of drug-likeness (QED) is 0.294. The summed E-state index contributed by atoms with van der Waals surface area (Å²) < 4.78 is 0. The van der Waals surface area contributed by atoms with Crippen molar-refractivity contribution in [3.05, 3.63) is 109 Å². The van der Waals surface area contributed by atoms with Gasteiger partial charge >= 0.3 is 0 Å². The zero-order valence-electron chi connectivity index (χ0n) is 16.3. The highest BCUT2D eigenvalue weighted by Gasteiger charge is 2.10. The second-order valence-corrected chi connectivity index (χ2v) is 7.51. The molecule has 0 bridgehead atoms. The van der Waals surface area contributed by atoms with Gasteiger partial charge in [-0.2, -0.15) is 0 Å². The Balaban J connectivity index is 1.61. The largest absolute Gasteiger partial charge is 0.236 e. The summed E-state index contributed by atoms with van der Waals surface area (Å²) >= 11 is 0. The zero-order valence-corrected chi connectivity index (χ0v) is 16.3. The van der Waals surface area contributed by atoms with E-state index >= 15 is 0 Å². The van der Waals surface area contributed by atoms with Crippen molar-refractivity contribution in [2.24, 2.45) is 0 Å². The summed E-state index contributed by atoms with van der Waals surface area (Å²) in [5.74, 6) is 0. The van der Waals surface area contributed by atoms with Gasteiger partial charge in [0.05, 0.1) is 11.4 Å². The summed E-state index contributed by atoms with van der Waals surface area (Å²) in [4.78, 5) is 9.05. The third-order valence-electron chi connectivity index (χ3n) is 5.78. The van der Waals surface area contributed by atoms with Crippen molar-refractivity contribution in [2.75, 3.05) is 0 Å². The summed E-state index contributed by atoms with van der Waals surface area (Å²) in [5.41, 5.74) is 4.06. The molecule has 1 aromatic heterocycles. The number of hydrogen-bond acceptors (Lipinski definition) is 2. The second-order valence-electron chi connectivity index (χ2n) is 7.51. The molecule has 0 aliphatic rings. The van der Waals surface area contributed by atoms with Crippen molar-refractivity contribution >= 4 is 32.3 Å². The number of rotatable bonds is 2. The molecule has 0 saturated heterocycles. The molecule has 0 unspecified atom stereocenters. The van der Waals surface area contributed by atoms with Crippen LogP contribution in [0.3, 0.4) is 0 Å². The maximum absolute atomic E-state index is 4.57. The van der Waals surface area contributed by atoms with E-state index in [1.807, 2.05) is 18.2 Å². The van der Waals surface area contributed by atoms with Crippen LogP contribution < -0.4 is 0 Å². The SMILES string of the molecule is c1ccc(-c2cc(-c3ccc4c5ccccc5c5ccccc5c4c3)ncn2)cc1. The van der Waals surface area contributed by atoms with Crippen molar-refractivity contribution < 1.29 is 0 Å². The lowest BCUT2D eigenvalue weighted by Gasteiger charge is -2.12. The van der Waals surface area contributed by atoms with Crippen molar-refractivity contribution in [3.63, 3.8) is 0 Å². The van der Waals surface area contributed by atoms with Crippen LogP contribution in [0.15, 0.2) is 109 Å². The van der Waals surface area contributed by atoms with Crippen LogP contribution in [0.4, 0.5) is 0 Å². The molecule has 0 atom stereocenters. The molecule has 6 rings (SSSR count). The molecule has 0 aliphatic carbocycles. The Morgan fingerprint density at radius 1 is 0.367 bits per heavy atom. The highest BCUT2D eigenvalue weighted by molar-refractivity contribution is 6.25. The smallest absolute Gasteiger partial charge is 0.116 e. The lowest BCUT2D eigenvalue weighted by Crippen LogP contribution is -1.90. The Morgan fingerprint density at radius 2 is 0.867 bits per heavy atom. The average Bonchev–Trinajstić information content (AvgIpc) is 2.84. The molecule has 1 heterocycles. The molecule has 30 heavy (non-hydrogen) atoms. The van der Waals surface area contributed by atoms with Crippen LogP contribution in [0.25, 0.3) is 54.8 Å². The van der Waals surface area contributed by atoms with Gasteiger partial charge in [-0.25, -0.2) is 9.97 Å². The molecule has 0 fully saturated rings. The summed E-state index contributed by atoms with van der Waals surface area (Å²) in [6, 6.07) is 36.3. The third kappa shape index (κ3) is 2.66. The molecule has 2 nitrogen and oxygen atoms in total. The Bertz CT molecular complexity index is 1500. The van der Waals surface area contributed by atoms with E-state index in [1.54, 1.807) is 6.33 Å². The zero-order chi connectivity index (χ0) is 19.9. The van der Waals surface area contributed by atoms with E-state index in [4.69, 9.17) is 0 Å². The van der Waals surface area contributed by atoms with Crippen LogP contribution in [0.5, 0.6) is 0 Å². The van der Waals surface area contributed by atoms with Crippen molar-refractivity contribution in [1.29, 1.82) is 0 Å². The first-order valence-electron chi connectivity index (χ1n) is 10.1. The molecule has 0 radical (unpaired) electrons. The van der Waals surface area contributed by atoms with Crippen molar-refractivity contribution in [2.45, 2.75) is 0 Å². The Kier molecular flexibility index (Phi) is 3.82. The van der Waals surface area contributed by atoms with Crippen LogP contribution in [-0.2, 0) is 0 Å². The second kappa shape index (κ2) is 6.78. The third-order valence-corrected chi connectivity index (χ3v) is 5.78. The van der Waals surface area contributed by atoms with Crippen LogP contribution >= 0.6 is 0 Å². The fourth-order valence-electron chi connectivity index (χ4n) is 4.35. The van der Waals surface area contributed by atoms with Crippen molar-refractivity contribution in [3.8, 4) is 22.5 Å². The van der Waals surface area contributed by atoms with Gasteiger partial charge in [0, 0.05) is 11.1 Å². The highest BCUT2D eigenvalue weighted by Crippen LogP contribution is 2.36. The molecular weight excluding hydrogens is 364 g/mol. The Morgan fingerprint density at radius 3 is 1.50 bits per heavy atom. The predicted octanol–water partition coefficient (Wildman–Crippen LogP) is 7.27. The highest BCUT2D eigenvalue weighted by atomic mass is 14.8. The maximum atomic E-state index is 4.57. The van der Waals surface area contributed by atoms with E-state index < -0.39 is 0 Å². The molecule has 0 amide bonds. The molecule has 2 heteroatoms. The van der Waals surface area contributed by atoms with Gasteiger partial charge in [0.25, 0.3) is 0 Å². The van der Waals surface area contributed by atoms with Crippen LogP contribution in [0, 0.1) is 0 Å². The monoisotopic (exact) mass is 382 g/mol. The molecule has 6 aromatic rings. The van der Waals surface area contributed by atoms with E-state index in [0.29, 0.717) is 0 Å². The first-order valence-corrected chi connectivity index (χ1v) is 10.1. The Hall–Kier alpha value is -4.04. The molecule has 140 valence electrons. The fraction of sp³-hybridized carbons (Fsp3) is 0.